The number of nitrogens with one attached hydrogen (secondary N) is 2. The molecule has 0 saturated heterocycles. The number of hydrogen-bond donors (Lipinski definition) is 3. The van der Waals surface area contributed by atoms with Gasteiger partial charge in [0.1, 0.15) is 17.6 Å². The molecule has 7 heteroatoms. The van der Waals surface area contributed by atoms with Crippen LogP contribution in [-0.4, -0.2) is 24.8 Å². The fourth-order valence-corrected chi connectivity index (χ4v) is 3.51. The maximum absolute atomic E-state index is 11.9. The summed E-state index contributed by atoms with van der Waals surface area (Å²) < 4.78 is 10.3. The summed E-state index contributed by atoms with van der Waals surface area (Å²) in [5.41, 5.74) is 1.13. The van der Waals surface area contributed by atoms with E-state index in [0.29, 0.717) is 18.8 Å². The van der Waals surface area contributed by atoms with E-state index in [4.69, 9.17) is 9.15 Å². The molecule has 27 heavy (non-hydrogen) atoms. The Bertz CT molecular complexity index is 843. The molecule has 2 heterocycles. The first-order chi connectivity index (χ1) is 13.2. The van der Waals surface area contributed by atoms with Crippen molar-refractivity contribution < 1.29 is 19.1 Å². The van der Waals surface area contributed by atoms with Crippen molar-refractivity contribution in [1.82, 2.24) is 10.6 Å². The maximum atomic E-state index is 11.9. The first-order valence-corrected chi connectivity index (χ1v) is 9.42. The first kappa shape index (κ1) is 19.0. The highest BCUT2D eigenvalue weighted by molar-refractivity contribution is 7.12. The van der Waals surface area contributed by atoms with E-state index >= 15 is 0 Å². The van der Waals surface area contributed by atoms with E-state index in [-0.39, 0.29) is 6.03 Å². The zero-order valence-corrected chi connectivity index (χ0v) is 15.8. The molecule has 0 unspecified atom stereocenters. The van der Waals surface area contributed by atoms with Gasteiger partial charge in [0.25, 0.3) is 0 Å². The average molecular weight is 386 g/mol. The van der Waals surface area contributed by atoms with Crippen LogP contribution in [0.15, 0.2) is 59.2 Å². The van der Waals surface area contributed by atoms with E-state index in [9.17, 15) is 9.90 Å². The maximum Gasteiger partial charge on any atom is 0.315 e. The van der Waals surface area contributed by atoms with Crippen molar-refractivity contribution in [2.75, 3.05) is 13.7 Å². The number of thiophene rings is 1. The number of carbonyl (C=O) groups excluding carboxylic acids is 1. The third-order valence-corrected chi connectivity index (χ3v) is 5.18. The number of furan rings is 1. The average Bonchev–Trinajstić information content (AvgIpc) is 3.38. The Labute approximate surface area is 161 Å². The van der Waals surface area contributed by atoms with Crippen LogP contribution in [0, 0.1) is 0 Å². The lowest BCUT2D eigenvalue weighted by molar-refractivity contribution is 0.193. The molecule has 0 aliphatic heterocycles. The predicted octanol–water partition coefficient (Wildman–Crippen LogP) is 3.47. The lowest BCUT2D eigenvalue weighted by atomic mass is 10.1. The molecule has 0 radical (unpaired) electrons. The second kappa shape index (κ2) is 9.25. The van der Waals surface area contributed by atoms with Crippen molar-refractivity contribution in [1.29, 1.82) is 0 Å². The van der Waals surface area contributed by atoms with Gasteiger partial charge < -0.3 is 24.9 Å². The van der Waals surface area contributed by atoms with Crippen LogP contribution in [0.3, 0.4) is 0 Å². The van der Waals surface area contributed by atoms with Gasteiger partial charge in [0.05, 0.1) is 19.9 Å². The monoisotopic (exact) mass is 386 g/mol. The van der Waals surface area contributed by atoms with Gasteiger partial charge in [0, 0.05) is 16.3 Å². The zero-order valence-electron chi connectivity index (χ0n) is 15.0. The third kappa shape index (κ3) is 5.35. The highest BCUT2D eigenvalue weighted by atomic mass is 32.1. The van der Waals surface area contributed by atoms with E-state index < -0.39 is 6.10 Å². The molecule has 0 aliphatic carbocycles. The number of aliphatic hydroxyl groups is 1. The quantitative estimate of drug-likeness (QED) is 0.553. The van der Waals surface area contributed by atoms with Crippen LogP contribution < -0.4 is 15.4 Å². The van der Waals surface area contributed by atoms with Gasteiger partial charge in [0.15, 0.2) is 0 Å². The number of hydrogen-bond acceptors (Lipinski definition) is 5. The van der Waals surface area contributed by atoms with Gasteiger partial charge in [-0.1, -0.05) is 12.1 Å². The molecule has 1 atom stereocenters. The summed E-state index contributed by atoms with van der Waals surface area (Å²) in [7, 11) is 1.63. The minimum atomic E-state index is -0.780. The Morgan fingerprint density at radius 2 is 2.00 bits per heavy atom. The SMILES string of the molecule is COc1ccc(CCNC(=O)NCc2ccc([C@H](O)c3ccco3)s2)cc1. The fourth-order valence-electron chi connectivity index (χ4n) is 2.57. The van der Waals surface area contributed by atoms with Crippen LogP contribution in [0.25, 0.3) is 0 Å². The summed E-state index contributed by atoms with van der Waals surface area (Å²) in [6, 6.07) is 14.8. The molecule has 0 fully saturated rings. The number of amides is 2. The smallest absolute Gasteiger partial charge is 0.315 e. The third-order valence-electron chi connectivity index (χ3n) is 4.05. The Balaban J connectivity index is 1.40. The topological polar surface area (TPSA) is 83.7 Å². The number of carbonyl (C=O) groups is 1. The second-order valence-corrected chi connectivity index (χ2v) is 7.13. The summed E-state index contributed by atoms with van der Waals surface area (Å²) >= 11 is 1.44. The van der Waals surface area contributed by atoms with Crippen molar-refractivity contribution in [3.05, 3.63) is 75.9 Å². The van der Waals surface area contributed by atoms with Crippen LogP contribution in [0.5, 0.6) is 5.75 Å². The molecule has 2 amide bonds. The largest absolute Gasteiger partial charge is 0.497 e. The van der Waals surface area contributed by atoms with Crippen molar-refractivity contribution in [3.8, 4) is 5.75 Å². The molecular formula is C20H22N2O4S. The first-order valence-electron chi connectivity index (χ1n) is 8.60. The molecule has 6 nitrogen and oxygen atoms in total. The Hall–Kier alpha value is -2.77. The van der Waals surface area contributed by atoms with E-state index in [1.165, 1.54) is 17.6 Å². The van der Waals surface area contributed by atoms with Gasteiger partial charge in [-0.15, -0.1) is 11.3 Å². The summed E-state index contributed by atoms with van der Waals surface area (Å²) in [5, 5.41) is 15.9. The van der Waals surface area contributed by atoms with Crippen LogP contribution >= 0.6 is 11.3 Å². The standard InChI is InChI=1S/C20H22N2O4S/c1-25-15-6-4-14(5-7-15)10-11-21-20(24)22-13-16-8-9-18(27-16)19(23)17-3-2-12-26-17/h2-9,12,19,23H,10-11,13H2,1H3,(H2,21,22,24)/t19-/m1/s1. The highest BCUT2D eigenvalue weighted by Gasteiger charge is 2.15. The molecule has 0 saturated carbocycles. The van der Waals surface area contributed by atoms with Crippen molar-refractivity contribution in [2.45, 2.75) is 19.1 Å². The second-order valence-electron chi connectivity index (χ2n) is 5.93. The Morgan fingerprint density at radius 3 is 2.70 bits per heavy atom. The van der Waals surface area contributed by atoms with Crippen molar-refractivity contribution in [2.24, 2.45) is 0 Å². The number of aliphatic hydroxyl groups excluding tert-OH is 1. The molecule has 1 aromatic carbocycles. The molecule has 2 aromatic heterocycles. The molecule has 0 spiro atoms. The molecule has 3 rings (SSSR count). The van der Waals surface area contributed by atoms with Gasteiger partial charge >= 0.3 is 6.03 Å². The lowest BCUT2D eigenvalue weighted by Gasteiger charge is -2.07. The fraction of sp³-hybridized carbons (Fsp3) is 0.250. The van der Waals surface area contributed by atoms with Gasteiger partial charge in [-0.25, -0.2) is 4.79 Å². The predicted molar refractivity (Wildman–Crippen MR) is 104 cm³/mol. The molecular weight excluding hydrogens is 364 g/mol. The van der Waals surface area contributed by atoms with Crippen LogP contribution in [0.1, 0.15) is 27.2 Å². The van der Waals surface area contributed by atoms with Gasteiger partial charge in [0.2, 0.25) is 0 Å². The van der Waals surface area contributed by atoms with Gasteiger partial charge in [-0.2, -0.15) is 0 Å². The highest BCUT2D eigenvalue weighted by Crippen LogP contribution is 2.28. The van der Waals surface area contributed by atoms with Crippen LogP contribution in [-0.2, 0) is 13.0 Å². The van der Waals surface area contributed by atoms with Crippen molar-refractivity contribution >= 4 is 17.4 Å². The van der Waals surface area contributed by atoms with Gasteiger partial charge in [-0.05, 0) is 48.4 Å². The number of methoxy groups -OCH3 is 1. The van der Waals surface area contributed by atoms with E-state index in [2.05, 4.69) is 10.6 Å². The summed E-state index contributed by atoms with van der Waals surface area (Å²) in [6.07, 6.45) is 1.50. The minimum absolute atomic E-state index is 0.218. The van der Waals surface area contributed by atoms with E-state index in [1.807, 2.05) is 36.4 Å². The number of urea groups is 1. The van der Waals surface area contributed by atoms with Crippen LogP contribution in [0.2, 0.25) is 0 Å². The molecule has 3 N–H and O–H groups in total. The molecule has 0 bridgehead atoms. The van der Waals surface area contributed by atoms with Gasteiger partial charge in [-0.3, -0.25) is 0 Å². The van der Waals surface area contributed by atoms with Crippen molar-refractivity contribution in [3.63, 3.8) is 0 Å². The summed E-state index contributed by atoms with van der Waals surface area (Å²) in [4.78, 5) is 13.7. The number of rotatable bonds is 8. The minimum Gasteiger partial charge on any atom is -0.497 e. The summed E-state index contributed by atoms with van der Waals surface area (Å²) in [5.74, 6) is 1.32. The zero-order chi connectivity index (χ0) is 19.1. The Morgan fingerprint density at radius 1 is 1.19 bits per heavy atom. The normalized spacial score (nSPS) is 11.8. The summed E-state index contributed by atoms with van der Waals surface area (Å²) in [6.45, 7) is 0.953. The molecule has 3 aromatic rings. The lowest BCUT2D eigenvalue weighted by Crippen LogP contribution is -2.36. The Kier molecular flexibility index (Phi) is 6.51. The molecule has 0 aliphatic rings. The van der Waals surface area contributed by atoms with E-state index in [1.54, 1.807) is 19.2 Å². The van der Waals surface area contributed by atoms with Crippen LogP contribution in [0.4, 0.5) is 4.79 Å². The molecule has 142 valence electrons. The number of ether oxygens (including phenoxy) is 1. The van der Waals surface area contributed by atoms with E-state index in [0.717, 1.165) is 27.5 Å². The number of benzene rings is 1.